The first kappa shape index (κ1) is 43.0. The fourth-order valence-electron chi connectivity index (χ4n) is 6.39. The number of hydrogen-bond acceptors (Lipinski definition) is 8. The smallest absolute Gasteiger partial charge is 0.272 e. The molecule has 0 atom stereocenters. The van der Waals surface area contributed by atoms with Crippen LogP contribution in [0.5, 0.6) is 0 Å². The van der Waals surface area contributed by atoms with Gasteiger partial charge in [-0.1, -0.05) is 0 Å². The lowest BCUT2D eigenvalue weighted by atomic mass is 10.1. The molecule has 312 valence electrons. The molecule has 60 heavy (non-hydrogen) atoms. The average molecular weight is 873 g/mol. The van der Waals surface area contributed by atoms with Gasteiger partial charge in [-0.3, -0.25) is 29.4 Å². The van der Waals surface area contributed by atoms with Crippen LogP contribution >= 0.6 is 34.5 Å². The molecule has 5 amide bonds. The van der Waals surface area contributed by atoms with Crippen LogP contribution in [0.25, 0.3) is 10.1 Å². The maximum absolute atomic E-state index is 13.4. The maximum Gasteiger partial charge on any atom is 0.272 e. The average Bonchev–Trinajstić information content (AvgIpc) is 3.99. The van der Waals surface area contributed by atoms with E-state index in [0.29, 0.717) is 63.7 Å². The number of fused-ring (bicyclic) bond motifs is 1. The number of carbonyl (C=O) groups excluding carboxylic acids is 5. The molecule has 6 rings (SSSR count). The second-order valence-electron chi connectivity index (χ2n) is 13.8. The molecule has 0 spiro atoms. The largest absolute Gasteiger partial charge is 0.388 e. The summed E-state index contributed by atoms with van der Waals surface area (Å²) >= 11 is 13.2. The van der Waals surface area contributed by atoms with Crippen LogP contribution in [-0.4, -0.2) is 80.5 Å². The van der Waals surface area contributed by atoms with Crippen LogP contribution in [0.15, 0.2) is 85.3 Å². The molecular formula is C41H43Cl2N11O5S. The third-order valence-electron chi connectivity index (χ3n) is 9.37. The number of nitrogens with two attached hydrogens (primary N) is 1. The van der Waals surface area contributed by atoms with Crippen molar-refractivity contribution >= 4 is 108 Å². The number of nitrogens with zero attached hydrogens (tertiary/aromatic N) is 4. The summed E-state index contributed by atoms with van der Waals surface area (Å²) in [4.78, 5) is 68.0. The summed E-state index contributed by atoms with van der Waals surface area (Å²) in [5.74, 6) is -1.07. The van der Waals surface area contributed by atoms with Gasteiger partial charge < -0.3 is 50.9 Å². The molecule has 6 aromatic rings. The number of thiophene rings is 1. The Kier molecular flexibility index (Phi) is 13.6. The highest BCUT2D eigenvalue weighted by molar-refractivity contribution is 7.20. The zero-order chi connectivity index (χ0) is 43.1. The predicted molar refractivity (Wildman–Crippen MR) is 239 cm³/mol. The Hall–Kier alpha value is -6.56. The van der Waals surface area contributed by atoms with Crippen LogP contribution in [0.1, 0.15) is 57.9 Å². The summed E-state index contributed by atoms with van der Waals surface area (Å²) in [6.45, 7) is 1.49. The first-order chi connectivity index (χ1) is 28.7. The highest BCUT2D eigenvalue weighted by Crippen LogP contribution is 2.30. The highest BCUT2D eigenvalue weighted by Gasteiger charge is 2.20. The van der Waals surface area contributed by atoms with Gasteiger partial charge in [0.1, 0.15) is 17.1 Å². The Balaban J connectivity index is 1.04. The van der Waals surface area contributed by atoms with E-state index in [1.165, 1.54) is 23.5 Å². The summed E-state index contributed by atoms with van der Waals surface area (Å²) in [7, 11) is 5.00. The number of alkyl halides is 2. The number of hydrogen-bond donors (Lipinski definition) is 7. The topological polar surface area (TPSA) is 213 Å². The van der Waals surface area contributed by atoms with E-state index in [1.54, 1.807) is 89.8 Å². The Morgan fingerprint density at radius 2 is 1.15 bits per heavy atom. The van der Waals surface area contributed by atoms with Crippen molar-refractivity contribution in [3.05, 3.63) is 113 Å². The minimum Gasteiger partial charge on any atom is -0.388 e. The molecule has 4 aromatic heterocycles. The molecule has 0 fully saturated rings. The molecule has 0 saturated heterocycles. The highest BCUT2D eigenvalue weighted by atomic mass is 35.5. The van der Waals surface area contributed by atoms with Crippen molar-refractivity contribution in [2.45, 2.75) is 6.42 Å². The number of carbonyl (C=O) groups is 5. The zero-order valence-corrected chi connectivity index (χ0v) is 35.2. The van der Waals surface area contributed by atoms with Gasteiger partial charge in [-0.05, 0) is 72.1 Å². The number of aryl methyl sites for hydroxylation is 3. The van der Waals surface area contributed by atoms with Crippen LogP contribution in [0.2, 0.25) is 0 Å². The van der Waals surface area contributed by atoms with Gasteiger partial charge in [-0.25, -0.2) is 0 Å². The number of benzene rings is 2. The minimum absolute atomic E-state index is 0.0369. The Labute approximate surface area is 359 Å². The molecule has 0 aliphatic rings. The molecule has 8 N–H and O–H groups in total. The van der Waals surface area contributed by atoms with Crippen molar-refractivity contribution in [2.24, 2.45) is 26.9 Å². The SMILES string of the molecule is Cn1cc(NC(=O)c2cc(NC(=O)c3cc(NC(=O)c4cc5cc(NC(=O)c6ccc(N(CCCl)CCCl)cc6)ccc5s4)cn3C)cn2C)cc1C(=O)NCCC(=N)N. The normalized spacial score (nSPS) is 10.9. The minimum atomic E-state index is -0.467. The standard InChI is InChI=1S/C41H43Cl2N11O5S/c1-51-21-27(18-31(51)38(56)46-13-10-36(44)45)48-39(57)32-19-28(22-52(32)2)49-40(58)33-20-29(23-53(33)3)50-41(59)35-17-25-16-26(6-9-34(25)60-35)47-37(55)24-4-7-30(8-5-24)54(14-11-42)15-12-43/h4-9,16-23H,10-15H2,1-3H3,(H3,44,45)(H,46,56)(H,47,55)(H,48,57)(H,49,58)(H,50,59). The third-order valence-corrected chi connectivity index (χ3v) is 10.8. The Morgan fingerprint density at radius 1 is 0.650 bits per heavy atom. The van der Waals surface area contributed by atoms with E-state index >= 15 is 0 Å². The summed E-state index contributed by atoms with van der Waals surface area (Å²) < 4.78 is 5.55. The number of amidine groups is 1. The summed E-state index contributed by atoms with van der Waals surface area (Å²) in [5.41, 5.74) is 9.30. The van der Waals surface area contributed by atoms with Gasteiger partial charge in [0, 0.05) is 99.2 Å². The van der Waals surface area contributed by atoms with E-state index in [9.17, 15) is 24.0 Å². The number of aromatic nitrogens is 3. The monoisotopic (exact) mass is 871 g/mol. The Bertz CT molecular complexity index is 2590. The molecule has 19 heteroatoms. The zero-order valence-electron chi connectivity index (χ0n) is 32.9. The number of amides is 5. The van der Waals surface area contributed by atoms with Gasteiger partial charge in [-0.2, -0.15) is 0 Å². The van der Waals surface area contributed by atoms with Gasteiger partial charge in [-0.15, -0.1) is 34.5 Å². The van der Waals surface area contributed by atoms with E-state index in [-0.39, 0.29) is 47.9 Å². The van der Waals surface area contributed by atoms with Crippen molar-refractivity contribution in [2.75, 3.05) is 57.6 Å². The van der Waals surface area contributed by atoms with E-state index < -0.39 is 11.8 Å². The van der Waals surface area contributed by atoms with Crippen LogP contribution in [-0.2, 0) is 21.1 Å². The number of halogens is 2. The number of anilines is 5. The lowest BCUT2D eigenvalue weighted by Crippen LogP contribution is -2.28. The predicted octanol–water partition coefficient (Wildman–Crippen LogP) is 6.27. The quantitative estimate of drug-likeness (QED) is 0.0317. The summed E-state index contributed by atoms with van der Waals surface area (Å²) in [5, 5.41) is 22.1. The van der Waals surface area contributed by atoms with Crippen molar-refractivity contribution < 1.29 is 24.0 Å². The molecule has 2 aromatic carbocycles. The van der Waals surface area contributed by atoms with Crippen molar-refractivity contribution in [3.8, 4) is 0 Å². The molecule has 0 saturated carbocycles. The second-order valence-corrected chi connectivity index (χ2v) is 15.6. The Morgan fingerprint density at radius 3 is 1.67 bits per heavy atom. The lowest BCUT2D eigenvalue weighted by Gasteiger charge is -2.22. The van der Waals surface area contributed by atoms with E-state index in [1.807, 2.05) is 18.2 Å². The second kappa shape index (κ2) is 19.0. The molecule has 4 heterocycles. The van der Waals surface area contributed by atoms with Crippen molar-refractivity contribution in [3.63, 3.8) is 0 Å². The fraction of sp³-hybridized carbons (Fsp3) is 0.220. The maximum atomic E-state index is 13.4. The third kappa shape index (κ3) is 10.4. The van der Waals surface area contributed by atoms with Gasteiger partial charge in [0.25, 0.3) is 29.5 Å². The van der Waals surface area contributed by atoms with Crippen LogP contribution < -0.4 is 37.2 Å². The molecule has 0 radical (unpaired) electrons. The summed E-state index contributed by atoms with van der Waals surface area (Å²) in [6, 6.07) is 19.0. The number of nitrogens with one attached hydrogen (secondary N) is 6. The van der Waals surface area contributed by atoms with E-state index in [2.05, 4.69) is 31.5 Å². The van der Waals surface area contributed by atoms with E-state index in [0.717, 1.165) is 15.8 Å². The molecule has 16 nitrogen and oxygen atoms in total. The first-order valence-electron chi connectivity index (χ1n) is 18.6. The fourth-order valence-corrected chi connectivity index (χ4v) is 7.74. The van der Waals surface area contributed by atoms with Crippen LogP contribution in [0, 0.1) is 5.41 Å². The molecule has 0 aliphatic heterocycles. The summed E-state index contributed by atoms with van der Waals surface area (Å²) in [6.07, 6.45) is 5.03. The molecule has 0 aliphatic carbocycles. The lowest BCUT2D eigenvalue weighted by molar-refractivity contribution is 0.0944. The van der Waals surface area contributed by atoms with Gasteiger partial charge >= 0.3 is 0 Å². The first-order valence-corrected chi connectivity index (χ1v) is 20.5. The molecule has 0 bridgehead atoms. The van der Waals surface area contributed by atoms with Crippen molar-refractivity contribution in [1.82, 2.24) is 19.0 Å². The van der Waals surface area contributed by atoms with Crippen LogP contribution in [0.4, 0.5) is 28.4 Å². The van der Waals surface area contributed by atoms with Crippen LogP contribution in [0.3, 0.4) is 0 Å². The van der Waals surface area contributed by atoms with Crippen molar-refractivity contribution in [1.29, 1.82) is 5.41 Å². The van der Waals surface area contributed by atoms with Gasteiger partial charge in [0.15, 0.2) is 0 Å². The molecule has 0 unspecified atom stereocenters. The number of rotatable bonds is 17. The molecular weight excluding hydrogens is 829 g/mol. The van der Waals surface area contributed by atoms with Gasteiger partial charge in [0.2, 0.25) is 0 Å². The van der Waals surface area contributed by atoms with E-state index in [4.69, 9.17) is 34.3 Å². The van der Waals surface area contributed by atoms with Gasteiger partial charge in [0.05, 0.1) is 27.8 Å².